The van der Waals surface area contributed by atoms with Crippen LogP contribution in [-0.2, 0) is 10.0 Å². The predicted octanol–water partition coefficient (Wildman–Crippen LogP) is 3.01. The van der Waals surface area contributed by atoms with Crippen LogP contribution in [0.2, 0.25) is 0 Å². The minimum absolute atomic E-state index is 0.119. The zero-order valence-electron chi connectivity index (χ0n) is 16.2. The van der Waals surface area contributed by atoms with Crippen LogP contribution in [0.5, 0.6) is 5.75 Å². The average Bonchev–Trinajstić information content (AvgIpc) is 3.16. The summed E-state index contributed by atoms with van der Waals surface area (Å²) in [6.45, 7) is 3.31. The third-order valence-corrected chi connectivity index (χ3v) is 6.56. The summed E-state index contributed by atoms with van der Waals surface area (Å²) in [6.07, 6.45) is 2.14. The number of hydrogen-bond donors (Lipinski definition) is 1. The number of benzene rings is 2. The first-order valence-corrected chi connectivity index (χ1v) is 10.9. The number of carbonyl (C=O) groups excluding carboxylic acids is 1. The van der Waals surface area contributed by atoms with E-state index < -0.39 is 10.0 Å². The van der Waals surface area contributed by atoms with Crippen LogP contribution in [0.4, 0.5) is 0 Å². The largest absolute Gasteiger partial charge is 0.497 e. The summed E-state index contributed by atoms with van der Waals surface area (Å²) in [7, 11) is -2.00. The number of Topliss-reactive ketones (excluding diaryl/α,β-unsaturated/α-hetero) is 1. The molecule has 0 radical (unpaired) electrons. The van der Waals surface area contributed by atoms with Gasteiger partial charge in [0, 0.05) is 24.7 Å². The molecule has 7 heteroatoms. The Hall–Kier alpha value is -2.22. The summed E-state index contributed by atoms with van der Waals surface area (Å²) in [4.78, 5) is 13.9. The molecule has 0 aromatic heterocycles. The van der Waals surface area contributed by atoms with Crippen molar-refractivity contribution in [2.45, 2.75) is 30.7 Å². The van der Waals surface area contributed by atoms with Gasteiger partial charge in [-0.1, -0.05) is 24.3 Å². The van der Waals surface area contributed by atoms with Gasteiger partial charge in [-0.15, -0.1) is 0 Å². The molecule has 1 heterocycles. The third-order valence-electron chi connectivity index (χ3n) is 5.11. The van der Waals surface area contributed by atoms with Gasteiger partial charge < -0.3 is 4.74 Å². The van der Waals surface area contributed by atoms with Crippen molar-refractivity contribution in [3.63, 3.8) is 0 Å². The van der Waals surface area contributed by atoms with Gasteiger partial charge in [0.1, 0.15) is 5.75 Å². The number of sulfonamides is 1. The van der Waals surface area contributed by atoms with E-state index in [0.29, 0.717) is 18.7 Å². The lowest BCUT2D eigenvalue weighted by Gasteiger charge is -2.25. The summed E-state index contributed by atoms with van der Waals surface area (Å²) >= 11 is 0. The zero-order valence-corrected chi connectivity index (χ0v) is 17.0. The summed E-state index contributed by atoms with van der Waals surface area (Å²) < 4.78 is 33.0. The third kappa shape index (κ3) is 4.79. The van der Waals surface area contributed by atoms with Crippen molar-refractivity contribution < 1.29 is 17.9 Å². The van der Waals surface area contributed by atoms with Gasteiger partial charge in [0.25, 0.3) is 0 Å². The SMILES string of the molecule is COc1ccc(C2CCCN2CCNS(=O)(=O)c2cccc(C(C)=O)c2)cc1. The lowest BCUT2D eigenvalue weighted by molar-refractivity contribution is 0.101. The second-order valence-corrected chi connectivity index (χ2v) is 8.72. The number of likely N-dealkylation sites (tertiary alicyclic amines) is 1. The van der Waals surface area contributed by atoms with Crippen LogP contribution >= 0.6 is 0 Å². The summed E-state index contributed by atoms with van der Waals surface area (Å²) in [5.41, 5.74) is 1.61. The molecule has 0 aliphatic carbocycles. The van der Waals surface area contributed by atoms with Crippen LogP contribution in [0.25, 0.3) is 0 Å². The standard InChI is InChI=1S/C21H26N2O4S/c1-16(24)18-5-3-6-20(15-18)28(25,26)22-12-14-23-13-4-7-21(23)17-8-10-19(27-2)11-9-17/h3,5-6,8-11,15,21-22H,4,7,12-14H2,1-2H3. The van der Waals surface area contributed by atoms with Gasteiger partial charge in [0.2, 0.25) is 10.0 Å². The highest BCUT2D eigenvalue weighted by Gasteiger charge is 2.26. The van der Waals surface area contributed by atoms with Gasteiger partial charge >= 0.3 is 0 Å². The van der Waals surface area contributed by atoms with E-state index in [1.807, 2.05) is 12.1 Å². The quantitative estimate of drug-likeness (QED) is 0.687. The van der Waals surface area contributed by atoms with E-state index >= 15 is 0 Å². The van der Waals surface area contributed by atoms with Gasteiger partial charge in [-0.2, -0.15) is 0 Å². The molecule has 1 aliphatic rings. The van der Waals surface area contributed by atoms with Crippen LogP contribution in [0.3, 0.4) is 0 Å². The van der Waals surface area contributed by atoms with Gasteiger partial charge in [0.15, 0.2) is 5.78 Å². The maximum absolute atomic E-state index is 12.5. The number of rotatable bonds is 8. The van der Waals surface area contributed by atoms with Crippen molar-refractivity contribution >= 4 is 15.8 Å². The molecule has 2 aromatic rings. The maximum Gasteiger partial charge on any atom is 0.240 e. The number of nitrogens with one attached hydrogen (secondary N) is 1. The van der Waals surface area contributed by atoms with E-state index in [2.05, 4.69) is 21.8 Å². The monoisotopic (exact) mass is 402 g/mol. The van der Waals surface area contributed by atoms with Crippen LogP contribution in [0.15, 0.2) is 53.4 Å². The molecule has 28 heavy (non-hydrogen) atoms. The molecular weight excluding hydrogens is 376 g/mol. The Morgan fingerprint density at radius 3 is 2.64 bits per heavy atom. The fourth-order valence-electron chi connectivity index (χ4n) is 3.59. The Labute approximate surface area is 166 Å². The molecule has 1 saturated heterocycles. The summed E-state index contributed by atoms with van der Waals surface area (Å²) in [6, 6.07) is 14.5. The lowest BCUT2D eigenvalue weighted by Crippen LogP contribution is -2.34. The normalized spacial score (nSPS) is 17.6. The van der Waals surface area contributed by atoms with Crippen LogP contribution in [0.1, 0.15) is 41.7 Å². The number of carbonyl (C=O) groups is 1. The molecule has 0 bridgehead atoms. The van der Waals surface area contributed by atoms with Gasteiger partial charge in [0.05, 0.1) is 12.0 Å². The summed E-state index contributed by atoms with van der Waals surface area (Å²) in [5, 5.41) is 0. The van der Waals surface area contributed by atoms with Crippen molar-refractivity contribution in [3.8, 4) is 5.75 Å². The van der Waals surface area contributed by atoms with Crippen LogP contribution in [-0.4, -0.2) is 45.8 Å². The highest BCUT2D eigenvalue weighted by atomic mass is 32.2. The molecular formula is C21H26N2O4S. The Morgan fingerprint density at radius 2 is 1.96 bits per heavy atom. The van der Waals surface area contributed by atoms with Gasteiger partial charge in [-0.05, 0) is 56.1 Å². The fourth-order valence-corrected chi connectivity index (χ4v) is 4.65. The molecule has 0 saturated carbocycles. The van der Waals surface area contributed by atoms with Crippen molar-refractivity contribution in [3.05, 3.63) is 59.7 Å². The number of hydrogen-bond acceptors (Lipinski definition) is 5. The molecule has 0 amide bonds. The van der Waals surface area contributed by atoms with E-state index in [-0.39, 0.29) is 16.7 Å². The van der Waals surface area contributed by atoms with Crippen molar-refractivity contribution in [2.24, 2.45) is 0 Å². The number of ketones is 1. The number of nitrogens with zero attached hydrogens (tertiary/aromatic N) is 1. The van der Waals surface area contributed by atoms with Gasteiger partial charge in [-0.3, -0.25) is 9.69 Å². The van der Waals surface area contributed by atoms with E-state index in [0.717, 1.165) is 25.1 Å². The molecule has 1 N–H and O–H groups in total. The second-order valence-electron chi connectivity index (χ2n) is 6.95. The molecule has 6 nitrogen and oxygen atoms in total. The Balaban J connectivity index is 1.61. The number of ether oxygens (including phenoxy) is 1. The smallest absolute Gasteiger partial charge is 0.240 e. The molecule has 3 rings (SSSR count). The first kappa shape index (κ1) is 20.5. The van der Waals surface area contributed by atoms with E-state index in [9.17, 15) is 13.2 Å². The average molecular weight is 403 g/mol. The fraction of sp³-hybridized carbons (Fsp3) is 0.381. The first-order valence-electron chi connectivity index (χ1n) is 9.39. The topological polar surface area (TPSA) is 75.7 Å². The minimum atomic E-state index is -3.64. The molecule has 2 aromatic carbocycles. The highest BCUT2D eigenvalue weighted by molar-refractivity contribution is 7.89. The Kier molecular flexibility index (Phi) is 6.49. The van der Waals surface area contributed by atoms with Crippen LogP contribution in [0, 0.1) is 0 Å². The first-order chi connectivity index (χ1) is 13.4. The second kappa shape index (κ2) is 8.86. The molecule has 150 valence electrons. The van der Waals surface area contributed by atoms with Crippen LogP contribution < -0.4 is 9.46 Å². The Bertz CT molecular complexity index is 926. The van der Waals surface area contributed by atoms with Crippen molar-refractivity contribution in [2.75, 3.05) is 26.7 Å². The van der Waals surface area contributed by atoms with E-state index in [1.165, 1.54) is 24.6 Å². The lowest BCUT2D eigenvalue weighted by atomic mass is 10.0. The highest BCUT2D eigenvalue weighted by Crippen LogP contribution is 2.32. The molecule has 1 atom stereocenters. The molecule has 1 aliphatic heterocycles. The number of methoxy groups -OCH3 is 1. The van der Waals surface area contributed by atoms with Crippen molar-refractivity contribution in [1.82, 2.24) is 9.62 Å². The minimum Gasteiger partial charge on any atom is -0.497 e. The zero-order chi connectivity index (χ0) is 20.1. The van der Waals surface area contributed by atoms with Gasteiger partial charge in [-0.25, -0.2) is 13.1 Å². The van der Waals surface area contributed by atoms with E-state index in [1.54, 1.807) is 19.2 Å². The molecule has 1 unspecified atom stereocenters. The molecule has 1 fully saturated rings. The molecule has 0 spiro atoms. The summed E-state index contributed by atoms with van der Waals surface area (Å²) in [5.74, 6) is 0.672. The van der Waals surface area contributed by atoms with Crippen molar-refractivity contribution in [1.29, 1.82) is 0 Å². The Morgan fingerprint density at radius 1 is 1.21 bits per heavy atom. The predicted molar refractivity (Wildman–Crippen MR) is 108 cm³/mol. The maximum atomic E-state index is 12.5. The van der Waals surface area contributed by atoms with E-state index in [4.69, 9.17) is 4.74 Å².